The van der Waals surface area contributed by atoms with Crippen LogP contribution < -0.4 is 0 Å². The number of rotatable bonds is 41. The molecular weight excluding hydrogens is 634 g/mol. The topological polar surface area (TPSA) is 76.1 Å². The Bertz CT molecular complexity index is 715. The normalized spacial score (nSPS) is 12.2. The van der Waals surface area contributed by atoms with Gasteiger partial charge in [-0.2, -0.15) is 0 Å². The summed E-state index contributed by atoms with van der Waals surface area (Å²) < 4.78 is 11.4. The van der Waals surface area contributed by atoms with Gasteiger partial charge < -0.3 is 19.5 Å². The van der Waals surface area contributed by atoms with Gasteiger partial charge in [-0.25, -0.2) is 0 Å². The highest BCUT2D eigenvalue weighted by Crippen LogP contribution is 2.21. The van der Waals surface area contributed by atoms with Crippen molar-refractivity contribution < 1.29 is 24.2 Å². The van der Waals surface area contributed by atoms with Crippen molar-refractivity contribution >= 4 is 11.9 Å². The van der Waals surface area contributed by atoms with Gasteiger partial charge in [-0.15, -0.1) is 0 Å². The zero-order valence-corrected chi connectivity index (χ0v) is 34.8. The molecule has 0 saturated heterocycles. The SMILES string of the molecule is CCCCCCCCC(C)OC(=O)CCCCCCCN(CCO)CCCCCCCOC(=O)C(CCCCCCCC)CCCCCCCC. The second kappa shape index (κ2) is 40.1. The molecule has 0 aromatic rings. The minimum atomic E-state index is -0.0325. The van der Waals surface area contributed by atoms with Gasteiger partial charge in [-0.1, -0.05) is 168 Å². The number of carbonyl (C=O) groups excluding carboxylic acids is 2. The summed E-state index contributed by atoms with van der Waals surface area (Å²) in [5, 5.41) is 9.55. The summed E-state index contributed by atoms with van der Waals surface area (Å²) in [6, 6.07) is 0. The van der Waals surface area contributed by atoms with Crippen molar-refractivity contribution in [3.63, 3.8) is 0 Å². The van der Waals surface area contributed by atoms with Crippen LogP contribution in [0.25, 0.3) is 0 Å². The zero-order chi connectivity index (χ0) is 37.5. The predicted octanol–water partition coefficient (Wildman–Crippen LogP) is 12.9. The average Bonchev–Trinajstić information content (AvgIpc) is 3.12. The number of ether oxygens (including phenoxy) is 2. The van der Waals surface area contributed by atoms with Crippen molar-refractivity contribution in [2.45, 2.75) is 239 Å². The lowest BCUT2D eigenvalue weighted by Crippen LogP contribution is -2.29. The second-order valence-electron chi connectivity index (χ2n) is 15.7. The quantitative estimate of drug-likeness (QED) is 0.0500. The maximum absolute atomic E-state index is 13.0. The molecule has 1 N–H and O–H groups in total. The van der Waals surface area contributed by atoms with Crippen LogP contribution in [-0.2, 0) is 19.1 Å². The number of hydrogen-bond donors (Lipinski definition) is 1. The molecule has 51 heavy (non-hydrogen) atoms. The van der Waals surface area contributed by atoms with Gasteiger partial charge in [0.2, 0.25) is 0 Å². The molecule has 0 aromatic carbocycles. The van der Waals surface area contributed by atoms with Crippen LogP contribution in [0.3, 0.4) is 0 Å². The minimum Gasteiger partial charge on any atom is -0.465 e. The average molecular weight is 724 g/mol. The third kappa shape index (κ3) is 35.6. The number of esters is 2. The van der Waals surface area contributed by atoms with Gasteiger partial charge in [0.1, 0.15) is 0 Å². The number of carbonyl (C=O) groups is 2. The molecule has 0 rings (SSSR count). The number of hydrogen-bond acceptors (Lipinski definition) is 6. The number of nitrogens with zero attached hydrogens (tertiary/aromatic N) is 1. The smallest absolute Gasteiger partial charge is 0.308 e. The van der Waals surface area contributed by atoms with E-state index in [2.05, 4.69) is 25.7 Å². The van der Waals surface area contributed by atoms with Crippen molar-refractivity contribution in [3.05, 3.63) is 0 Å². The highest BCUT2D eigenvalue weighted by molar-refractivity contribution is 5.72. The lowest BCUT2D eigenvalue weighted by Gasteiger charge is -2.21. The minimum absolute atomic E-state index is 0.0325. The third-order valence-electron chi connectivity index (χ3n) is 10.6. The van der Waals surface area contributed by atoms with E-state index in [4.69, 9.17) is 9.47 Å². The Morgan fingerprint density at radius 3 is 1.41 bits per heavy atom. The van der Waals surface area contributed by atoms with Gasteiger partial charge in [-0.05, 0) is 71.4 Å². The highest BCUT2D eigenvalue weighted by Gasteiger charge is 2.19. The predicted molar refractivity (Wildman–Crippen MR) is 218 cm³/mol. The maximum Gasteiger partial charge on any atom is 0.308 e. The number of aliphatic hydroxyl groups is 1. The summed E-state index contributed by atoms with van der Waals surface area (Å²) >= 11 is 0. The first-order valence-corrected chi connectivity index (χ1v) is 22.7. The van der Waals surface area contributed by atoms with E-state index in [9.17, 15) is 14.7 Å². The molecule has 0 fully saturated rings. The summed E-state index contributed by atoms with van der Waals surface area (Å²) in [5.74, 6) is 0.120. The van der Waals surface area contributed by atoms with Crippen LogP contribution >= 0.6 is 0 Å². The first-order chi connectivity index (χ1) is 25.0. The molecule has 0 spiro atoms. The van der Waals surface area contributed by atoms with E-state index in [-0.39, 0.29) is 30.6 Å². The molecule has 0 radical (unpaired) electrons. The molecule has 6 heteroatoms. The van der Waals surface area contributed by atoms with E-state index < -0.39 is 0 Å². The molecule has 0 aromatic heterocycles. The third-order valence-corrected chi connectivity index (χ3v) is 10.6. The van der Waals surface area contributed by atoms with Crippen LogP contribution in [0.15, 0.2) is 0 Å². The van der Waals surface area contributed by atoms with Crippen LogP contribution in [0.5, 0.6) is 0 Å². The second-order valence-corrected chi connectivity index (χ2v) is 15.7. The maximum atomic E-state index is 13.0. The summed E-state index contributed by atoms with van der Waals surface area (Å²) in [7, 11) is 0. The number of unbranched alkanes of at least 4 members (excludes halogenated alkanes) is 23. The van der Waals surface area contributed by atoms with E-state index in [1.165, 1.54) is 116 Å². The Hall–Kier alpha value is -1.14. The summed E-state index contributed by atoms with van der Waals surface area (Å²) in [6.45, 7) is 12.4. The molecule has 0 bridgehead atoms. The molecule has 304 valence electrons. The fraction of sp³-hybridized carbons (Fsp3) is 0.956. The van der Waals surface area contributed by atoms with Crippen LogP contribution in [0.2, 0.25) is 0 Å². The van der Waals surface area contributed by atoms with Crippen molar-refractivity contribution in [1.82, 2.24) is 4.90 Å². The van der Waals surface area contributed by atoms with Crippen LogP contribution in [0.4, 0.5) is 0 Å². The Balaban J connectivity index is 3.99. The van der Waals surface area contributed by atoms with E-state index in [0.29, 0.717) is 13.0 Å². The fourth-order valence-corrected chi connectivity index (χ4v) is 7.15. The Morgan fingerprint density at radius 2 is 0.922 bits per heavy atom. The molecule has 1 atom stereocenters. The van der Waals surface area contributed by atoms with Gasteiger partial charge in [0, 0.05) is 13.0 Å². The van der Waals surface area contributed by atoms with Gasteiger partial charge >= 0.3 is 11.9 Å². The van der Waals surface area contributed by atoms with Crippen LogP contribution in [0, 0.1) is 5.92 Å². The lowest BCUT2D eigenvalue weighted by atomic mass is 9.94. The molecule has 0 aliphatic heterocycles. The molecule has 6 nitrogen and oxygen atoms in total. The Labute approximate surface area is 318 Å². The molecule has 0 heterocycles. The van der Waals surface area contributed by atoms with E-state index >= 15 is 0 Å². The van der Waals surface area contributed by atoms with E-state index in [0.717, 1.165) is 103 Å². The summed E-state index contributed by atoms with van der Waals surface area (Å²) in [5.41, 5.74) is 0. The Kier molecular flexibility index (Phi) is 39.2. The first kappa shape index (κ1) is 49.9. The molecule has 0 amide bonds. The van der Waals surface area contributed by atoms with Gasteiger partial charge in [0.15, 0.2) is 0 Å². The molecule has 1 unspecified atom stereocenters. The summed E-state index contributed by atoms with van der Waals surface area (Å²) in [6.07, 6.45) is 37.5. The first-order valence-electron chi connectivity index (χ1n) is 22.7. The van der Waals surface area contributed by atoms with Crippen molar-refractivity contribution in [1.29, 1.82) is 0 Å². The van der Waals surface area contributed by atoms with E-state index in [1.54, 1.807) is 0 Å². The van der Waals surface area contributed by atoms with Crippen LogP contribution in [0.1, 0.15) is 233 Å². The monoisotopic (exact) mass is 724 g/mol. The highest BCUT2D eigenvalue weighted by atomic mass is 16.5. The van der Waals surface area contributed by atoms with Gasteiger partial charge in [-0.3, -0.25) is 9.59 Å². The standard InChI is InChI=1S/C45H89NO5/c1-5-8-11-14-19-26-33-42(4)51-44(48)36-29-22-17-23-30-37-46(39-40-47)38-31-24-18-25-32-41-50-45(49)43(34-27-20-15-12-9-6-2)35-28-21-16-13-10-7-3/h42-43,47H,5-41H2,1-4H3. The summed E-state index contributed by atoms with van der Waals surface area (Å²) in [4.78, 5) is 27.5. The van der Waals surface area contributed by atoms with Crippen molar-refractivity contribution in [2.24, 2.45) is 5.92 Å². The van der Waals surface area contributed by atoms with E-state index in [1.807, 2.05) is 6.92 Å². The zero-order valence-electron chi connectivity index (χ0n) is 34.8. The Morgan fingerprint density at radius 1 is 0.510 bits per heavy atom. The molecular formula is C45H89NO5. The lowest BCUT2D eigenvalue weighted by molar-refractivity contribution is -0.150. The molecule has 0 aliphatic rings. The molecule has 0 aliphatic carbocycles. The fourth-order valence-electron chi connectivity index (χ4n) is 7.15. The van der Waals surface area contributed by atoms with Gasteiger partial charge in [0.05, 0.1) is 25.2 Å². The van der Waals surface area contributed by atoms with Crippen molar-refractivity contribution in [2.75, 3.05) is 32.8 Å². The number of aliphatic hydroxyl groups excluding tert-OH is 1. The van der Waals surface area contributed by atoms with Gasteiger partial charge in [0.25, 0.3) is 0 Å². The van der Waals surface area contributed by atoms with Crippen LogP contribution in [-0.4, -0.2) is 60.9 Å². The largest absolute Gasteiger partial charge is 0.465 e. The van der Waals surface area contributed by atoms with Crippen molar-refractivity contribution in [3.8, 4) is 0 Å². The molecule has 0 saturated carbocycles.